The maximum absolute atomic E-state index is 12.7. The van der Waals surface area contributed by atoms with Crippen molar-refractivity contribution in [1.29, 1.82) is 0 Å². The van der Waals surface area contributed by atoms with Crippen molar-refractivity contribution in [3.8, 4) is 0 Å². The molecule has 0 fully saturated rings. The van der Waals surface area contributed by atoms with E-state index in [1.54, 1.807) is 0 Å². The molecule has 0 spiro atoms. The molecule has 1 unspecified atom stereocenters. The van der Waals surface area contributed by atoms with Crippen molar-refractivity contribution >= 4 is 39.1 Å². The third kappa shape index (κ3) is 2.84. The van der Waals surface area contributed by atoms with Gasteiger partial charge in [0.25, 0.3) is 0 Å². The highest BCUT2D eigenvalue weighted by atomic mass is 79.9. The monoisotopic (exact) mass is 334 g/mol. The Kier molecular flexibility index (Phi) is 4.55. The van der Waals surface area contributed by atoms with Gasteiger partial charge in [-0.1, -0.05) is 36.2 Å². The number of halogens is 6. The first-order valence-corrected chi connectivity index (χ1v) is 6.04. The normalized spacial score (nSPS) is 13.9. The largest absolute Gasteiger partial charge is 0.395 e. The van der Waals surface area contributed by atoms with Crippen LogP contribution in [0.25, 0.3) is 0 Å². The summed E-state index contributed by atoms with van der Waals surface area (Å²) < 4.78 is 38.6. The first-order valence-electron chi connectivity index (χ1n) is 4.49. The van der Waals surface area contributed by atoms with Crippen molar-refractivity contribution < 1.29 is 13.2 Å². The average Bonchev–Trinajstić information content (AvgIpc) is 2.17. The van der Waals surface area contributed by atoms with Crippen molar-refractivity contribution in [2.75, 3.05) is 0 Å². The standard InChI is InChI=1S/C10H8BrCl2F3/c1-2-6(10(14,15)16)5-3-4-7(11)9(13)8(5)12/h3-4,6H,2H2,1H3. The minimum atomic E-state index is -4.31. The fraction of sp³-hybridized carbons (Fsp3) is 0.400. The Morgan fingerprint density at radius 3 is 2.25 bits per heavy atom. The molecule has 1 atom stereocenters. The number of rotatable bonds is 2. The van der Waals surface area contributed by atoms with Crippen molar-refractivity contribution in [1.82, 2.24) is 0 Å². The molecule has 0 saturated carbocycles. The van der Waals surface area contributed by atoms with E-state index in [-0.39, 0.29) is 22.0 Å². The van der Waals surface area contributed by atoms with Gasteiger partial charge in [-0.3, -0.25) is 0 Å². The summed E-state index contributed by atoms with van der Waals surface area (Å²) >= 11 is 14.7. The van der Waals surface area contributed by atoms with E-state index >= 15 is 0 Å². The van der Waals surface area contributed by atoms with Crippen LogP contribution in [-0.4, -0.2) is 6.18 Å². The molecular formula is C10H8BrCl2F3. The van der Waals surface area contributed by atoms with Gasteiger partial charge in [-0.25, -0.2) is 0 Å². The van der Waals surface area contributed by atoms with E-state index < -0.39 is 12.1 Å². The van der Waals surface area contributed by atoms with E-state index in [0.29, 0.717) is 4.47 Å². The quantitative estimate of drug-likeness (QED) is 0.598. The molecule has 16 heavy (non-hydrogen) atoms. The van der Waals surface area contributed by atoms with Crippen molar-refractivity contribution in [2.45, 2.75) is 25.4 Å². The molecule has 6 heteroatoms. The van der Waals surface area contributed by atoms with Gasteiger partial charge in [0.15, 0.2) is 0 Å². The van der Waals surface area contributed by atoms with Crippen LogP contribution in [0.1, 0.15) is 24.8 Å². The summed E-state index contributed by atoms with van der Waals surface area (Å²) in [6, 6.07) is 2.82. The lowest BCUT2D eigenvalue weighted by atomic mass is 9.96. The zero-order valence-electron chi connectivity index (χ0n) is 8.21. The molecule has 1 rings (SSSR count). The summed E-state index contributed by atoms with van der Waals surface area (Å²) in [7, 11) is 0. The van der Waals surface area contributed by atoms with E-state index in [4.69, 9.17) is 23.2 Å². The van der Waals surface area contributed by atoms with Crippen LogP contribution < -0.4 is 0 Å². The highest BCUT2D eigenvalue weighted by molar-refractivity contribution is 9.10. The Morgan fingerprint density at radius 1 is 1.25 bits per heavy atom. The summed E-state index contributed by atoms with van der Waals surface area (Å²) in [5, 5.41) is 0.0714. The van der Waals surface area contributed by atoms with E-state index in [2.05, 4.69) is 15.9 Å². The van der Waals surface area contributed by atoms with Gasteiger partial charge in [-0.2, -0.15) is 13.2 Å². The first kappa shape index (κ1) is 14.1. The molecular weight excluding hydrogens is 328 g/mol. The molecule has 0 heterocycles. The zero-order chi connectivity index (χ0) is 12.5. The predicted octanol–water partition coefficient (Wildman–Crippen LogP) is 5.81. The van der Waals surface area contributed by atoms with Gasteiger partial charge >= 0.3 is 6.18 Å². The van der Waals surface area contributed by atoms with Crippen LogP contribution in [0.2, 0.25) is 10.0 Å². The molecule has 0 aromatic heterocycles. The lowest BCUT2D eigenvalue weighted by molar-refractivity contribution is -0.151. The molecule has 0 nitrogen and oxygen atoms in total. The molecule has 90 valence electrons. The highest BCUT2D eigenvalue weighted by Crippen LogP contribution is 2.43. The molecule has 0 bridgehead atoms. The second-order valence-corrected chi connectivity index (χ2v) is 4.88. The second kappa shape index (κ2) is 5.15. The number of alkyl halides is 3. The van der Waals surface area contributed by atoms with Crippen LogP contribution in [0.5, 0.6) is 0 Å². The zero-order valence-corrected chi connectivity index (χ0v) is 11.3. The van der Waals surface area contributed by atoms with Gasteiger partial charge in [0.1, 0.15) is 0 Å². The topological polar surface area (TPSA) is 0 Å². The van der Waals surface area contributed by atoms with Crippen LogP contribution in [0.3, 0.4) is 0 Å². The number of hydrogen-bond donors (Lipinski definition) is 0. The summed E-state index contributed by atoms with van der Waals surface area (Å²) in [5.41, 5.74) is 0.0184. The number of benzene rings is 1. The molecule has 0 aliphatic carbocycles. The first-order chi connectivity index (χ1) is 7.29. The maximum atomic E-state index is 12.7. The van der Waals surface area contributed by atoms with Crippen molar-refractivity contribution in [3.63, 3.8) is 0 Å². The van der Waals surface area contributed by atoms with E-state index in [9.17, 15) is 13.2 Å². The van der Waals surface area contributed by atoms with Gasteiger partial charge in [0.05, 0.1) is 16.0 Å². The van der Waals surface area contributed by atoms with Crippen LogP contribution in [0.4, 0.5) is 13.2 Å². The fourth-order valence-electron chi connectivity index (χ4n) is 1.44. The SMILES string of the molecule is CCC(c1ccc(Br)c(Cl)c1Cl)C(F)(F)F. The summed E-state index contributed by atoms with van der Waals surface area (Å²) in [6.07, 6.45) is -4.38. The van der Waals surface area contributed by atoms with E-state index in [0.717, 1.165) is 0 Å². The Morgan fingerprint density at radius 2 is 1.81 bits per heavy atom. The Bertz CT molecular complexity index is 390. The summed E-state index contributed by atoms with van der Waals surface area (Å²) in [5.74, 6) is -1.58. The molecule has 1 aromatic rings. The summed E-state index contributed by atoms with van der Waals surface area (Å²) in [4.78, 5) is 0. The minimum absolute atomic E-state index is 0.0184. The van der Waals surface area contributed by atoms with Crippen LogP contribution in [0, 0.1) is 0 Å². The van der Waals surface area contributed by atoms with Crippen LogP contribution in [-0.2, 0) is 0 Å². The van der Waals surface area contributed by atoms with Gasteiger partial charge in [0, 0.05) is 4.47 Å². The van der Waals surface area contributed by atoms with Crippen molar-refractivity contribution in [2.24, 2.45) is 0 Å². The fourth-order valence-corrected chi connectivity index (χ4v) is 2.35. The smallest absolute Gasteiger partial charge is 0.170 e. The lowest BCUT2D eigenvalue weighted by Crippen LogP contribution is -2.20. The second-order valence-electron chi connectivity index (χ2n) is 3.27. The molecule has 0 saturated heterocycles. The van der Waals surface area contributed by atoms with E-state index in [1.807, 2.05) is 0 Å². The van der Waals surface area contributed by atoms with Gasteiger partial charge < -0.3 is 0 Å². The molecule has 0 amide bonds. The lowest BCUT2D eigenvalue weighted by Gasteiger charge is -2.20. The van der Waals surface area contributed by atoms with Gasteiger partial charge in [0.2, 0.25) is 0 Å². The third-order valence-corrected chi connectivity index (χ3v) is 4.03. The summed E-state index contributed by atoms with van der Waals surface area (Å²) in [6.45, 7) is 1.46. The van der Waals surface area contributed by atoms with Gasteiger partial charge in [-0.15, -0.1) is 0 Å². The van der Waals surface area contributed by atoms with Crippen LogP contribution >= 0.6 is 39.1 Å². The molecule has 0 aliphatic heterocycles. The minimum Gasteiger partial charge on any atom is -0.170 e. The van der Waals surface area contributed by atoms with E-state index in [1.165, 1.54) is 19.1 Å². The van der Waals surface area contributed by atoms with Crippen LogP contribution in [0.15, 0.2) is 16.6 Å². The van der Waals surface area contributed by atoms with Gasteiger partial charge in [-0.05, 0) is 34.0 Å². The molecule has 0 aliphatic rings. The number of hydrogen-bond acceptors (Lipinski definition) is 0. The Balaban J connectivity index is 3.27. The Hall–Kier alpha value is 0.0700. The molecule has 0 N–H and O–H groups in total. The third-order valence-electron chi connectivity index (χ3n) is 2.24. The van der Waals surface area contributed by atoms with Crippen molar-refractivity contribution in [3.05, 3.63) is 32.2 Å². The average molecular weight is 336 g/mol. The predicted molar refractivity (Wildman–Crippen MR) is 63.2 cm³/mol. The molecule has 0 radical (unpaired) electrons. The highest BCUT2D eigenvalue weighted by Gasteiger charge is 2.40. The Labute approximate surface area is 110 Å². The maximum Gasteiger partial charge on any atom is 0.395 e. The molecule has 1 aromatic carbocycles.